The van der Waals surface area contributed by atoms with E-state index < -0.39 is 0 Å². The number of hydrogen-bond donors (Lipinski definition) is 0. The summed E-state index contributed by atoms with van der Waals surface area (Å²) in [5.41, 5.74) is 0. The Morgan fingerprint density at radius 2 is 2.07 bits per heavy atom. The van der Waals surface area contributed by atoms with Crippen LogP contribution in [0.5, 0.6) is 0 Å². The molecule has 1 aromatic rings. The Labute approximate surface area is 89.1 Å². The number of rotatable bonds is 2. The molecule has 0 unspecified atom stereocenters. The van der Waals surface area contributed by atoms with Crippen LogP contribution < -0.4 is 0 Å². The van der Waals surface area contributed by atoms with E-state index in [1.54, 1.807) is 6.26 Å². The predicted molar refractivity (Wildman–Crippen MR) is 55.3 cm³/mol. The molecule has 3 nitrogen and oxygen atoms in total. The molecule has 3 heterocycles. The van der Waals surface area contributed by atoms with Crippen molar-refractivity contribution in [1.29, 1.82) is 0 Å². The topological polar surface area (TPSA) is 33.5 Å². The maximum Gasteiger partial charge on any atom is 0.136 e. The highest BCUT2D eigenvalue weighted by Gasteiger charge is 2.40. The first-order chi connectivity index (χ1) is 7.33. The highest BCUT2D eigenvalue weighted by Crippen LogP contribution is 2.34. The van der Waals surface area contributed by atoms with Gasteiger partial charge in [0, 0.05) is 24.9 Å². The summed E-state index contributed by atoms with van der Waals surface area (Å²) in [5, 5.41) is 0. The molecule has 2 bridgehead atoms. The average Bonchev–Trinajstić information content (AvgIpc) is 2.77. The summed E-state index contributed by atoms with van der Waals surface area (Å²) in [7, 11) is 0. The van der Waals surface area contributed by atoms with E-state index in [1.807, 2.05) is 12.1 Å². The summed E-state index contributed by atoms with van der Waals surface area (Å²) < 4.78 is 5.36. The van der Waals surface area contributed by atoms with Crippen molar-refractivity contribution in [3.05, 3.63) is 24.2 Å². The van der Waals surface area contributed by atoms with Crippen LogP contribution in [0, 0.1) is 0 Å². The van der Waals surface area contributed by atoms with Gasteiger partial charge in [0.25, 0.3) is 0 Å². The van der Waals surface area contributed by atoms with Gasteiger partial charge >= 0.3 is 0 Å². The molecule has 2 saturated heterocycles. The summed E-state index contributed by atoms with van der Waals surface area (Å²) in [6.07, 6.45) is 5.56. The number of furan rings is 1. The largest absolute Gasteiger partial charge is 0.468 e. The predicted octanol–water partition coefficient (Wildman–Crippen LogP) is 1.98. The number of piperidine rings is 1. The van der Waals surface area contributed by atoms with Crippen LogP contribution in [0.3, 0.4) is 0 Å². The average molecular weight is 205 g/mol. The zero-order chi connectivity index (χ0) is 10.3. The summed E-state index contributed by atoms with van der Waals surface area (Å²) >= 11 is 0. The minimum absolute atomic E-state index is 0.443. The second kappa shape index (κ2) is 3.49. The molecule has 3 rings (SSSR count). The smallest absolute Gasteiger partial charge is 0.136 e. The Morgan fingerprint density at radius 1 is 1.33 bits per heavy atom. The molecule has 0 radical (unpaired) electrons. The fourth-order valence-corrected chi connectivity index (χ4v) is 2.90. The first-order valence-electron chi connectivity index (χ1n) is 5.63. The molecule has 80 valence electrons. The summed E-state index contributed by atoms with van der Waals surface area (Å²) in [6.45, 7) is 0.871. The zero-order valence-corrected chi connectivity index (χ0v) is 8.69. The highest BCUT2D eigenvalue weighted by molar-refractivity contribution is 5.80. The van der Waals surface area contributed by atoms with Crippen LogP contribution in [0.1, 0.15) is 31.4 Å². The van der Waals surface area contributed by atoms with Gasteiger partial charge in [0.1, 0.15) is 11.5 Å². The van der Waals surface area contributed by atoms with Gasteiger partial charge < -0.3 is 4.42 Å². The monoisotopic (exact) mass is 205 g/mol. The standard InChI is InChI=1S/C12H15NO2/c14-11-6-9-3-4-10(7-11)13(9)8-12-2-1-5-15-12/h1-2,5,9-10H,3-4,6-8H2/t9-,10+. The van der Waals surface area contributed by atoms with E-state index in [0.717, 1.165) is 25.1 Å². The zero-order valence-electron chi connectivity index (χ0n) is 8.69. The third-order valence-electron chi connectivity index (χ3n) is 3.62. The first kappa shape index (κ1) is 9.16. The van der Waals surface area contributed by atoms with Gasteiger partial charge in [-0.2, -0.15) is 0 Å². The number of nitrogens with zero attached hydrogens (tertiary/aromatic N) is 1. The Bertz CT molecular complexity index is 342. The van der Waals surface area contributed by atoms with Crippen molar-refractivity contribution >= 4 is 5.78 Å². The van der Waals surface area contributed by atoms with Gasteiger partial charge in [-0.1, -0.05) is 0 Å². The van der Waals surface area contributed by atoms with Crippen LogP contribution >= 0.6 is 0 Å². The lowest BCUT2D eigenvalue weighted by molar-refractivity contribution is -0.123. The molecule has 2 atom stereocenters. The van der Waals surface area contributed by atoms with Gasteiger partial charge in [0.2, 0.25) is 0 Å². The van der Waals surface area contributed by atoms with Crippen LogP contribution in [0.25, 0.3) is 0 Å². The van der Waals surface area contributed by atoms with Gasteiger partial charge in [-0.3, -0.25) is 9.69 Å². The molecule has 2 aliphatic heterocycles. The van der Waals surface area contributed by atoms with Crippen molar-refractivity contribution in [2.75, 3.05) is 0 Å². The minimum Gasteiger partial charge on any atom is -0.468 e. The number of Topliss-reactive ketones (excluding diaryl/α,β-unsaturated/α-hetero) is 1. The molecule has 0 spiro atoms. The van der Waals surface area contributed by atoms with Crippen molar-refractivity contribution in [3.63, 3.8) is 0 Å². The molecule has 2 aliphatic rings. The highest BCUT2D eigenvalue weighted by atomic mass is 16.3. The number of fused-ring (bicyclic) bond motifs is 2. The van der Waals surface area contributed by atoms with E-state index in [0.29, 0.717) is 17.9 Å². The Morgan fingerprint density at radius 3 is 2.67 bits per heavy atom. The van der Waals surface area contributed by atoms with Crippen molar-refractivity contribution < 1.29 is 9.21 Å². The quantitative estimate of drug-likeness (QED) is 0.740. The lowest BCUT2D eigenvalue weighted by Gasteiger charge is -2.33. The molecule has 15 heavy (non-hydrogen) atoms. The number of ketones is 1. The van der Waals surface area contributed by atoms with Gasteiger partial charge in [-0.05, 0) is 25.0 Å². The lowest BCUT2D eigenvalue weighted by Crippen LogP contribution is -2.42. The van der Waals surface area contributed by atoms with Crippen LogP contribution in [-0.4, -0.2) is 22.8 Å². The maximum atomic E-state index is 11.4. The van der Waals surface area contributed by atoms with E-state index in [-0.39, 0.29) is 0 Å². The van der Waals surface area contributed by atoms with Gasteiger partial charge in [-0.25, -0.2) is 0 Å². The van der Waals surface area contributed by atoms with Crippen molar-refractivity contribution in [2.45, 2.75) is 44.3 Å². The van der Waals surface area contributed by atoms with Gasteiger partial charge in [0.05, 0.1) is 12.8 Å². The lowest BCUT2D eigenvalue weighted by atomic mass is 10.0. The van der Waals surface area contributed by atoms with Crippen LogP contribution in [-0.2, 0) is 11.3 Å². The minimum atomic E-state index is 0.443. The van der Waals surface area contributed by atoms with Crippen molar-refractivity contribution in [1.82, 2.24) is 4.90 Å². The molecule has 3 heteroatoms. The van der Waals surface area contributed by atoms with E-state index in [2.05, 4.69) is 4.90 Å². The molecular formula is C12H15NO2. The number of hydrogen-bond acceptors (Lipinski definition) is 3. The Balaban J connectivity index is 1.75. The fourth-order valence-electron chi connectivity index (χ4n) is 2.90. The van der Waals surface area contributed by atoms with Crippen LogP contribution in [0.2, 0.25) is 0 Å². The van der Waals surface area contributed by atoms with E-state index in [1.165, 1.54) is 12.8 Å². The Hall–Kier alpha value is -1.09. The van der Waals surface area contributed by atoms with Crippen molar-refractivity contribution in [3.8, 4) is 0 Å². The first-order valence-corrected chi connectivity index (χ1v) is 5.63. The Kier molecular flexibility index (Phi) is 2.13. The SMILES string of the molecule is O=C1C[C@H]2CC[C@@H](C1)N2Cc1ccco1. The third-order valence-corrected chi connectivity index (χ3v) is 3.62. The van der Waals surface area contributed by atoms with E-state index in [9.17, 15) is 4.79 Å². The van der Waals surface area contributed by atoms with Crippen LogP contribution in [0.15, 0.2) is 22.8 Å². The van der Waals surface area contributed by atoms with Crippen molar-refractivity contribution in [2.24, 2.45) is 0 Å². The fraction of sp³-hybridized carbons (Fsp3) is 0.583. The van der Waals surface area contributed by atoms with E-state index in [4.69, 9.17) is 4.42 Å². The van der Waals surface area contributed by atoms with Crippen LogP contribution in [0.4, 0.5) is 0 Å². The molecule has 0 aromatic carbocycles. The van der Waals surface area contributed by atoms with Gasteiger partial charge in [0.15, 0.2) is 0 Å². The number of carbonyl (C=O) groups is 1. The molecule has 0 saturated carbocycles. The molecule has 0 N–H and O–H groups in total. The molecular weight excluding hydrogens is 190 g/mol. The third kappa shape index (κ3) is 1.61. The number of carbonyl (C=O) groups excluding carboxylic acids is 1. The van der Waals surface area contributed by atoms with E-state index >= 15 is 0 Å². The van der Waals surface area contributed by atoms with Gasteiger partial charge in [-0.15, -0.1) is 0 Å². The summed E-state index contributed by atoms with van der Waals surface area (Å²) in [4.78, 5) is 13.9. The normalized spacial score (nSPS) is 31.1. The summed E-state index contributed by atoms with van der Waals surface area (Å²) in [5.74, 6) is 1.46. The second-order valence-electron chi connectivity index (χ2n) is 4.58. The molecule has 0 aliphatic carbocycles. The molecule has 1 aromatic heterocycles. The second-order valence-corrected chi connectivity index (χ2v) is 4.58. The molecule has 2 fully saturated rings. The summed E-state index contributed by atoms with van der Waals surface area (Å²) in [6, 6.07) is 4.88. The molecule has 0 amide bonds. The maximum absolute atomic E-state index is 11.4.